The molecular weight excluding hydrogens is 243 g/mol. The van der Waals surface area contributed by atoms with Crippen LogP contribution >= 0.6 is 23.2 Å². The van der Waals surface area contributed by atoms with E-state index >= 15 is 0 Å². The van der Waals surface area contributed by atoms with Gasteiger partial charge in [-0.15, -0.1) is 0 Å². The Balaban J connectivity index is 2.65. The van der Waals surface area contributed by atoms with Gasteiger partial charge in [-0.2, -0.15) is 0 Å². The van der Waals surface area contributed by atoms with Gasteiger partial charge in [-0.25, -0.2) is 0 Å². The summed E-state index contributed by atoms with van der Waals surface area (Å²) in [5.74, 6) is 0.249. The number of carbonyl (C=O) groups excluding carboxylic acids is 1. The summed E-state index contributed by atoms with van der Waals surface area (Å²) in [5.41, 5.74) is 0.697. The van der Waals surface area contributed by atoms with Crippen molar-refractivity contribution in [2.24, 2.45) is 5.41 Å². The molecule has 0 N–H and O–H groups in total. The molecule has 1 aromatic rings. The number of carbonyl (C=O) groups is 1. The fourth-order valence-corrected chi connectivity index (χ4v) is 1.85. The molecule has 0 saturated carbocycles. The molecule has 1 aromatic carbocycles. The van der Waals surface area contributed by atoms with Gasteiger partial charge in [0.1, 0.15) is 5.78 Å². The Bertz CT molecular complexity index is 391. The first kappa shape index (κ1) is 13.5. The number of ketones is 1. The molecule has 0 aliphatic carbocycles. The lowest BCUT2D eigenvalue weighted by Crippen LogP contribution is -2.20. The van der Waals surface area contributed by atoms with E-state index in [9.17, 15) is 4.79 Å². The van der Waals surface area contributed by atoms with Crippen LogP contribution in [0.1, 0.15) is 32.8 Å². The first-order chi connectivity index (χ1) is 7.30. The fraction of sp³-hybridized carbons (Fsp3) is 0.462. The van der Waals surface area contributed by atoms with Crippen molar-refractivity contribution in [2.75, 3.05) is 0 Å². The highest BCUT2D eigenvalue weighted by Crippen LogP contribution is 2.24. The van der Waals surface area contributed by atoms with E-state index in [4.69, 9.17) is 23.2 Å². The molecular formula is C13H16Cl2O. The fourth-order valence-electron chi connectivity index (χ4n) is 1.35. The van der Waals surface area contributed by atoms with E-state index in [1.807, 2.05) is 26.8 Å². The van der Waals surface area contributed by atoms with Gasteiger partial charge in [0.15, 0.2) is 0 Å². The van der Waals surface area contributed by atoms with Crippen molar-refractivity contribution in [2.45, 2.75) is 33.6 Å². The average molecular weight is 259 g/mol. The molecule has 1 rings (SSSR count). The third kappa shape index (κ3) is 3.80. The monoisotopic (exact) mass is 258 g/mol. The lowest BCUT2D eigenvalue weighted by atomic mass is 9.87. The summed E-state index contributed by atoms with van der Waals surface area (Å²) in [6.07, 6.45) is 1.19. The highest BCUT2D eigenvalue weighted by atomic mass is 35.5. The minimum atomic E-state index is -0.279. The van der Waals surface area contributed by atoms with Crippen LogP contribution in [0.4, 0.5) is 0 Å². The van der Waals surface area contributed by atoms with Crippen LogP contribution < -0.4 is 0 Å². The number of halogens is 2. The van der Waals surface area contributed by atoms with Crippen molar-refractivity contribution in [1.29, 1.82) is 0 Å². The Kier molecular flexibility index (Phi) is 4.40. The van der Waals surface area contributed by atoms with E-state index < -0.39 is 0 Å². The van der Waals surface area contributed by atoms with E-state index in [1.54, 1.807) is 12.1 Å². The second-order valence-electron chi connectivity index (χ2n) is 4.91. The Morgan fingerprint density at radius 2 is 1.88 bits per heavy atom. The molecule has 0 fully saturated rings. The Hall–Kier alpha value is -0.530. The molecule has 0 aromatic heterocycles. The molecule has 0 aliphatic rings. The summed E-state index contributed by atoms with van der Waals surface area (Å²) in [7, 11) is 0. The third-order valence-corrected chi connectivity index (χ3v) is 3.06. The molecule has 0 spiro atoms. The van der Waals surface area contributed by atoms with Gasteiger partial charge >= 0.3 is 0 Å². The largest absolute Gasteiger partial charge is 0.299 e. The van der Waals surface area contributed by atoms with Gasteiger partial charge in [-0.3, -0.25) is 4.79 Å². The molecule has 0 radical (unpaired) electrons. The maximum atomic E-state index is 11.7. The molecule has 0 heterocycles. The molecule has 0 atom stereocenters. The zero-order valence-corrected chi connectivity index (χ0v) is 11.3. The smallest absolute Gasteiger partial charge is 0.138 e. The standard InChI is InChI=1S/C13H16Cl2O/c1-13(2,3)12(16)7-5-9-4-6-10(14)8-11(9)15/h4,6,8H,5,7H2,1-3H3. The van der Waals surface area contributed by atoms with Gasteiger partial charge in [0.05, 0.1) is 0 Å². The van der Waals surface area contributed by atoms with Crippen molar-refractivity contribution in [3.63, 3.8) is 0 Å². The molecule has 0 unspecified atom stereocenters. The van der Waals surface area contributed by atoms with E-state index in [-0.39, 0.29) is 11.2 Å². The van der Waals surface area contributed by atoms with Crippen LogP contribution in [0.5, 0.6) is 0 Å². The van der Waals surface area contributed by atoms with Crippen LogP contribution in [0.2, 0.25) is 10.0 Å². The summed E-state index contributed by atoms with van der Waals surface area (Å²) in [6, 6.07) is 5.38. The van der Waals surface area contributed by atoms with E-state index in [2.05, 4.69) is 0 Å². The van der Waals surface area contributed by atoms with Crippen molar-refractivity contribution in [3.05, 3.63) is 33.8 Å². The first-order valence-electron chi connectivity index (χ1n) is 5.28. The van der Waals surface area contributed by atoms with Crippen molar-refractivity contribution in [3.8, 4) is 0 Å². The molecule has 16 heavy (non-hydrogen) atoms. The second-order valence-corrected chi connectivity index (χ2v) is 5.75. The third-order valence-electron chi connectivity index (χ3n) is 2.47. The summed E-state index contributed by atoms with van der Waals surface area (Å²) in [5, 5.41) is 1.25. The summed E-state index contributed by atoms with van der Waals surface area (Å²) in [4.78, 5) is 11.7. The van der Waals surface area contributed by atoms with Gasteiger partial charge in [-0.1, -0.05) is 50.0 Å². The number of aryl methyl sites for hydroxylation is 1. The topological polar surface area (TPSA) is 17.1 Å². The number of Topliss-reactive ketones (excluding diaryl/α,β-unsaturated/α-hetero) is 1. The lowest BCUT2D eigenvalue weighted by molar-refractivity contribution is -0.126. The maximum Gasteiger partial charge on any atom is 0.138 e. The van der Waals surface area contributed by atoms with Crippen LogP contribution in [-0.4, -0.2) is 5.78 Å². The summed E-state index contributed by atoms with van der Waals surface area (Å²) < 4.78 is 0. The molecule has 3 heteroatoms. The van der Waals surface area contributed by atoms with Crippen molar-refractivity contribution >= 4 is 29.0 Å². The van der Waals surface area contributed by atoms with E-state index in [0.717, 1.165) is 5.56 Å². The normalized spacial score (nSPS) is 11.6. The van der Waals surface area contributed by atoms with E-state index in [0.29, 0.717) is 22.9 Å². The van der Waals surface area contributed by atoms with Gasteiger partial charge in [0.2, 0.25) is 0 Å². The number of hydrogen-bond acceptors (Lipinski definition) is 1. The van der Waals surface area contributed by atoms with Crippen LogP contribution in [-0.2, 0) is 11.2 Å². The molecule has 1 nitrogen and oxygen atoms in total. The van der Waals surface area contributed by atoms with Gasteiger partial charge < -0.3 is 0 Å². The zero-order valence-electron chi connectivity index (χ0n) is 9.81. The molecule has 0 amide bonds. The number of hydrogen-bond donors (Lipinski definition) is 0. The summed E-state index contributed by atoms with van der Waals surface area (Å²) >= 11 is 11.8. The quantitative estimate of drug-likeness (QED) is 0.778. The Morgan fingerprint density at radius 1 is 1.25 bits per heavy atom. The Morgan fingerprint density at radius 3 is 2.38 bits per heavy atom. The van der Waals surface area contributed by atoms with Gasteiger partial charge in [0, 0.05) is 21.9 Å². The highest BCUT2D eigenvalue weighted by molar-refractivity contribution is 6.35. The maximum absolute atomic E-state index is 11.7. The van der Waals surface area contributed by atoms with Crippen molar-refractivity contribution in [1.82, 2.24) is 0 Å². The molecule has 88 valence electrons. The van der Waals surface area contributed by atoms with E-state index in [1.165, 1.54) is 0 Å². The average Bonchev–Trinajstić information content (AvgIpc) is 2.14. The minimum absolute atomic E-state index is 0.249. The highest BCUT2D eigenvalue weighted by Gasteiger charge is 2.20. The molecule has 0 saturated heterocycles. The van der Waals surface area contributed by atoms with Crippen LogP contribution in [0.3, 0.4) is 0 Å². The summed E-state index contributed by atoms with van der Waals surface area (Å²) in [6.45, 7) is 5.79. The predicted octanol–water partition coefficient (Wildman–Crippen LogP) is 4.54. The van der Waals surface area contributed by atoms with Gasteiger partial charge in [-0.05, 0) is 24.1 Å². The minimum Gasteiger partial charge on any atom is -0.299 e. The van der Waals surface area contributed by atoms with Crippen LogP contribution in [0.15, 0.2) is 18.2 Å². The first-order valence-corrected chi connectivity index (χ1v) is 6.03. The van der Waals surface area contributed by atoms with Crippen molar-refractivity contribution < 1.29 is 4.79 Å². The SMILES string of the molecule is CC(C)(C)C(=O)CCc1ccc(Cl)cc1Cl. The number of benzene rings is 1. The van der Waals surface area contributed by atoms with Gasteiger partial charge in [0.25, 0.3) is 0 Å². The predicted molar refractivity (Wildman–Crippen MR) is 69.2 cm³/mol. The number of rotatable bonds is 3. The van der Waals surface area contributed by atoms with Crippen LogP contribution in [0, 0.1) is 5.41 Å². The zero-order chi connectivity index (χ0) is 12.3. The molecule has 0 bridgehead atoms. The second kappa shape index (κ2) is 5.20. The lowest BCUT2D eigenvalue weighted by Gasteiger charge is -2.16. The Labute approximate surface area is 107 Å². The molecule has 0 aliphatic heterocycles. The van der Waals surface area contributed by atoms with Crippen LogP contribution in [0.25, 0.3) is 0 Å².